The number of aromatic nitrogens is 3. The Bertz CT molecular complexity index is 644. The quantitative estimate of drug-likeness (QED) is 0.760. The lowest BCUT2D eigenvalue weighted by Crippen LogP contribution is -2.25. The third kappa shape index (κ3) is 4.71. The molecule has 2 heterocycles. The molecule has 0 atom stereocenters. The van der Waals surface area contributed by atoms with Crippen LogP contribution < -0.4 is 5.32 Å². The number of aliphatic hydroxyl groups excluding tert-OH is 1. The van der Waals surface area contributed by atoms with Gasteiger partial charge in [0.2, 0.25) is 5.89 Å². The van der Waals surface area contributed by atoms with E-state index in [0.717, 1.165) is 0 Å². The van der Waals surface area contributed by atoms with Gasteiger partial charge in [-0.15, -0.1) is 0 Å². The van der Waals surface area contributed by atoms with Crippen LogP contribution in [0.4, 0.5) is 0 Å². The Kier molecular flexibility index (Phi) is 5.43. The van der Waals surface area contributed by atoms with Crippen LogP contribution in [0.5, 0.6) is 0 Å². The third-order valence-corrected chi connectivity index (χ3v) is 2.50. The fraction of sp³-hybridized carbons (Fsp3) is 0.286. The monoisotopic (exact) mass is 286 g/mol. The molecule has 0 aliphatic rings. The summed E-state index contributed by atoms with van der Waals surface area (Å²) in [5.41, 5.74) is 1.06. The summed E-state index contributed by atoms with van der Waals surface area (Å²) in [6.07, 6.45) is 5.21. The van der Waals surface area contributed by atoms with E-state index >= 15 is 0 Å². The van der Waals surface area contributed by atoms with Crippen LogP contribution in [-0.2, 0) is 6.42 Å². The largest absolute Gasteiger partial charge is 0.395 e. The van der Waals surface area contributed by atoms with Crippen molar-refractivity contribution in [1.29, 1.82) is 0 Å². The number of amides is 1. The highest BCUT2D eigenvalue weighted by molar-refractivity contribution is 5.94. The molecule has 2 aromatic heterocycles. The zero-order chi connectivity index (χ0) is 14.9. The van der Waals surface area contributed by atoms with Crippen LogP contribution in [0.2, 0.25) is 0 Å². The molecule has 7 nitrogen and oxygen atoms in total. The molecule has 0 fully saturated rings. The van der Waals surface area contributed by atoms with E-state index in [1.54, 1.807) is 12.3 Å². The zero-order valence-corrected chi connectivity index (χ0v) is 11.2. The molecular weight excluding hydrogens is 272 g/mol. The highest BCUT2D eigenvalue weighted by atomic mass is 16.5. The predicted octanol–water partition coefficient (Wildman–Crippen LogP) is 0.171. The SMILES string of the molecule is O=C(NCCc1ncno1)c1cncc(C#CCCO)c1. The minimum atomic E-state index is -0.243. The Balaban J connectivity index is 1.90. The Hall–Kier alpha value is -2.72. The van der Waals surface area contributed by atoms with Crippen LogP contribution in [0.1, 0.15) is 28.2 Å². The second-order valence-corrected chi connectivity index (χ2v) is 4.08. The van der Waals surface area contributed by atoms with Gasteiger partial charge in [0.25, 0.3) is 5.91 Å². The molecule has 0 aromatic carbocycles. The van der Waals surface area contributed by atoms with E-state index in [9.17, 15) is 4.79 Å². The van der Waals surface area contributed by atoms with E-state index in [2.05, 4.69) is 32.3 Å². The molecule has 0 aliphatic heterocycles. The van der Waals surface area contributed by atoms with Gasteiger partial charge in [0, 0.05) is 37.3 Å². The topological polar surface area (TPSA) is 101 Å². The second-order valence-electron chi connectivity index (χ2n) is 4.08. The van der Waals surface area contributed by atoms with Crippen molar-refractivity contribution >= 4 is 5.91 Å². The van der Waals surface area contributed by atoms with Crippen LogP contribution in [0.25, 0.3) is 0 Å². The lowest BCUT2D eigenvalue weighted by Gasteiger charge is -2.03. The molecule has 21 heavy (non-hydrogen) atoms. The fourth-order valence-electron chi connectivity index (χ4n) is 1.54. The molecule has 0 unspecified atom stereocenters. The predicted molar refractivity (Wildman–Crippen MR) is 73.2 cm³/mol. The first-order chi connectivity index (χ1) is 10.3. The smallest absolute Gasteiger partial charge is 0.252 e. The summed E-state index contributed by atoms with van der Waals surface area (Å²) in [6, 6.07) is 1.65. The lowest BCUT2D eigenvalue weighted by molar-refractivity contribution is 0.0953. The highest BCUT2D eigenvalue weighted by Gasteiger charge is 2.07. The molecule has 7 heteroatoms. The number of hydrogen-bond donors (Lipinski definition) is 2. The number of carbonyl (C=O) groups excluding carboxylic acids is 1. The first-order valence-electron chi connectivity index (χ1n) is 6.38. The van der Waals surface area contributed by atoms with Crippen molar-refractivity contribution in [2.24, 2.45) is 0 Å². The summed E-state index contributed by atoms with van der Waals surface area (Å²) in [5, 5.41) is 14.9. The van der Waals surface area contributed by atoms with Crippen LogP contribution in [0.15, 0.2) is 29.3 Å². The zero-order valence-electron chi connectivity index (χ0n) is 11.2. The minimum absolute atomic E-state index is 0.0102. The summed E-state index contributed by atoms with van der Waals surface area (Å²) in [5.74, 6) is 5.84. The van der Waals surface area contributed by atoms with Crippen molar-refractivity contribution in [3.8, 4) is 11.8 Å². The van der Waals surface area contributed by atoms with E-state index in [1.807, 2.05) is 0 Å². The van der Waals surface area contributed by atoms with Gasteiger partial charge in [0.05, 0.1) is 12.2 Å². The van der Waals surface area contributed by atoms with E-state index in [4.69, 9.17) is 9.63 Å². The molecule has 108 valence electrons. The van der Waals surface area contributed by atoms with Gasteiger partial charge in [-0.05, 0) is 6.07 Å². The van der Waals surface area contributed by atoms with Crippen LogP contribution in [0, 0.1) is 11.8 Å². The molecule has 2 rings (SSSR count). The average Bonchev–Trinajstić information content (AvgIpc) is 3.01. The van der Waals surface area contributed by atoms with Crippen molar-refractivity contribution in [2.75, 3.05) is 13.2 Å². The highest BCUT2D eigenvalue weighted by Crippen LogP contribution is 2.02. The number of hydrogen-bond acceptors (Lipinski definition) is 6. The molecule has 0 saturated carbocycles. The van der Waals surface area contributed by atoms with Crippen molar-refractivity contribution in [2.45, 2.75) is 12.8 Å². The standard InChI is InChI=1S/C14H14N4O3/c19-6-2-1-3-11-7-12(9-15-8-11)14(20)16-5-4-13-17-10-18-21-13/h7-10,19H,2,4-6H2,(H,16,20). The van der Waals surface area contributed by atoms with Crippen LogP contribution in [-0.4, -0.2) is 39.3 Å². The maximum absolute atomic E-state index is 11.9. The fourth-order valence-corrected chi connectivity index (χ4v) is 1.54. The Morgan fingerprint density at radius 3 is 3.10 bits per heavy atom. The van der Waals surface area contributed by atoms with E-state index in [1.165, 1.54) is 12.5 Å². The van der Waals surface area contributed by atoms with Gasteiger partial charge in [-0.3, -0.25) is 9.78 Å². The molecular formula is C14H14N4O3. The number of pyridine rings is 1. The van der Waals surface area contributed by atoms with Gasteiger partial charge in [0.15, 0.2) is 6.33 Å². The third-order valence-electron chi connectivity index (χ3n) is 2.50. The van der Waals surface area contributed by atoms with Gasteiger partial charge in [-0.1, -0.05) is 17.0 Å². The van der Waals surface area contributed by atoms with E-state index < -0.39 is 0 Å². The molecule has 2 aromatic rings. The number of rotatable bonds is 5. The molecule has 1 amide bonds. The Labute approximate surface area is 121 Å². The number of nitrogens with zero attached hydrogens (tertiary/aromatic N) is 3. The second kappa shape index (κ2) is 7.77. The van der Waals surface area contributed by atoms with Gasteiger partial charge in [-0.2, -0.15) is 4.98 Å². The molecule has 2 N–H and O–H groups in total. The van der Waals surface area contributed by atoms with Crippen LogP contribution in [0.3, 0.4) is 0 Å². The Morgan fingerprint density at radius 1 is 1.43 bits per heavy atom. The summed E-state index contributed by atoms with van der Waals surface area (Å²) in [7, 11) is 0. The summed E-state index contributed by atoms with van der Waals surface area (Å²) in [6.45, 7) is 0.401. The Morgan fingerprint density at radius 2 is 2.33 bits per heavy atom. The van der Waals surface area contributed by atoms with Gasteiger partial charge >= 0.3 is 0 Å². The van der Waals surface area contributed by atoms with E-state index in [0.29, 0.717) is 36.4 Å². The molecule has 0 bridgehead atoms. The maximum atomic E-state index is 11.9. The molecule has 0 saturated heterocycles. The first-order valence-corrected chi connectivity index (χ1v) is 6.38. The number of nitrogens with one attached hydrogen (secondary N) is 1. The number of carbonyl (C=O) groups is 1. The summed E-state index contributed by atoms with van der Waals surface area (Å²) >= 11 is 0. The van der Waals surface area contributed by atoms with Crippen LogP contribution >= 0.6 is 0 Å². The first kappa shape index (κ1) is 14.7. The molecule has 0 radical (unpaired) electrons. The summed E-state index contributed by atoms with van der Waals surface area (Å²) < 4.78 is 4.83. The van der Waals surface area contributed by atoms with Gasteiger partial charge < -0.3 is 14.9 Å². The van der Waals surface area contributed by atoms with Crippen molar-refractivity contribution in [3.05, 3.63) is 41.8 Å². The van der Waals surface area contributed by atoms with Gasteiger partial charge in [-0.25, -0.2) is 0 Å². The van der Waals surface area contributed by atoms with Gasteiger partial charge in [0.1, 0.15) is 0 Å². The summed E-state index contributed by atoms with van der Waals surface area (Å²) in [4.78, 5) is 19.8. The number of aliphatic hydroxyl groups is 1. The van der Waals surface area contributed by atoms with Crippen molar-refractivity contribution in [3.63, 3.8) is 0 Å². The van der Waals surface area contributed by atoms with Crippen molar-refractivity contribution in [1.82, 2.24) is 20.4 Å². The lowest BCUT2D eigenvalue weighted by atomic mass is 10.2. The van der Waals surface area contributed by atoms with E-state index in [-0.39, 0.29) is 12.5 Å². The minimum Gasteiger partial charge on any atom is -0.395 e. The average molecular weight is 286 g/mol. The maximum Gasteiger partial charge on any atom is 0.252 e. The normalized spacial score (nSPS) is 9.76. The van der Waals surface area contributed by atoms with Crippen molar-refractivity contribution < 1.29 is 14.4 Å². The molecule has 0 aliphatic carbocycles. The molecule has 0 spiro atoms.